The van der Waals surface area contributed by atoms with Crippen molar-refractivity contribution in [3.63, 3.8) is 0 Å². The topological polar surface area (TPSA) is 136 Å². The van der Waals surface area contributed by atoms with E-state index in [4.69, 9.17) is 9.47 Å². The van der Waals surface area contributed by atoms with Crippen molar-refractivity contribution < 1.29 is 22.7 Å². The van der Waals surface area contributed by atoms with Gasteiger partial charge < -0.3 is 14.5 Å². The molecular formula is C22H29N5O6S. The molecule has 0 aliphatic rings. The third-order valence-corrected chi connectivity index (χ3v) is 7.03. The Balaban J connectivity index is 2.12. The van der Waals surface area contributed by atoms with Gasteiger partial charge in [-0.2, -0.15) is 9.40 Å². The maximum Gasteiger partial charge on any atom is 0.302 e. The van der Waals surface area contributed by atoms with Crippen molar-refractivity contribution in [2.45, 2.75) is 38.5 Å². The zero-order valence-corrected chi connectivity index (χ0v) is 20.7. The minimum absolute atomic E-state index is 0.0123. The molecule has 184 valence electrons. The van der Waals surface area contributed by atoms with E-state index in [-0.39, 0.29) is 29.4 Å². The van der Waals surface area contributed by atoms with E-state index in [1.165, 1.54) is 36.9 Å². The molecule has 2 heterocycles. The molecule has 0 aliphatic carbocycles. The van der Waals surface area contributed by atoms with Gasteiger partial charge in [-0.3, -0.25) is 14.3 Å². The molecule has 3 aromatic rings. The van der Waals surface area contributed by atoms with Gasteiger partial charge in [0.05, 0.1) is 22.8 Å². The Bertz CT molecular complexity index is 1360. The highest BCUT2D eigenvalue weighted by Gasteiger charge is 2.24. The van der Waals surface area contributed by atoms with Crippen LogP contribution in [0.5, 0.6) is 5.75 Å². The fourth-order valence-corrected chi connectivity index (χ4v) is 4.72. The highest BCUT2D eigenvalue weighted by atomic mass is 32.2. The molecule has 0 spiro atoms. The molecule has 2 aromatic heterocycles. The van der Waals surface area contributed by atoms with Gasteiger partial charge in [-0.05, 0) is 31.5 Å². The van der Waals surface area contributed by atoms with E-state index in [2.05, 4.69) is 15.1 Å². The Kier molecular flexibility index (Phi) is 7.72. The number of likely N-dealkylation sites (N-methyl/N-ethyl adjacent to an activating group) is 1. The number of hydrogen-bond donors (Lipinski definition) is 1. The number of esters is 1. The predicted molar refractivity (Wildman–Crippen MR) is 126 cm³/mol. The Hall–Kier alpha value is -3.25. The zero-order valence-electron chi connectivity index (χ0n) is 19.9. The van der Waals surface area contributed by atoms with Crippen LogP contribution in [0.3, 0.4) is 0 Å². The molecule has 0 unspecified atom stereocenters. The zero-order chi connectivity index (χ0) is 25.0. The number of sulfonamides is 1. The first-order chi connectivity index (χ1) is 16.1. The lowest BCUT2D eigenvalue weighted by Gasteiger charge is -2.18. The average Bonchev–Trinajstić information content (AvgIpc) is 3.09. The minimum atomic E-state index is -3.91. The van der Waals surface area contributed by atoms with E-state index in [0.717, 1.165) is 10.7 Å². The van der Waals surface area contributed by atoms with Gasteiger partial charge >= 0.3 is 5.97 Å². The monoisotopic (exact) mass is 491 g/mol. The van der Waals surface area contributed by atoms with Crippen molar-refractivity contribution in [1.82, 2.24) is 24.1 Å². The Labute approximate surface area is 197 Å². The summed E-state index contributed by atoms with van der Waals surface area (Å²) >= 11 is 0. The van der Waals surface area contributed by atoms with Crippen LogP contribution in [-0.2, 0) is 33.0 Å². The van der Waals surface area contributed by atoms with Gasteiger partial charge in [-0.25, -0.2) is 13.4 Å². The lowest BCUT2D eigenvalue weighted by atomic mass is 10.1. The summed E-state index contributed by atoms with van der Waals surface area (Å²) in [6.45, 7) is 5.32. The molecule has 11 nitrogen and oxygen atoms in total. The molecule has 0 aliphatic heterocycles. The number of fused-ring (bicyclic) bond motifs is 1. The highest BCUT2D eigenvalue weighted by Crippen LogP contribution is 2.32. The van der Waals surface area contributed by atoms with Crippen LogP contribution in [0, 0.1) is 0 Å². The smallest absolute Gasteiger partial charge is 0.302 e. The minimum Gasteiger partial charge on any atom is -0.493 e. The normalized spacial score (nSPS) is 11.8. The first kappa shape index (κ1) is 25.4. The van der Waals surface area contributed by atoms with Crippen molar-refractivity contribution >= 4 is 27.0 Å². The summed E-state index contributed by atoms with van der Waals surface area (Å²) in [6.07, 6.45) is 1.47. The van der Waals surface area contributed by atoms with Crippen LogP contribution in [0.15, 0.2) is 27.9 Å². The first-order valence-corrected chi connectivity index (χ1v) is 12.4. The summed E-state index contributed by atoms with van der Waals surface area (Å²) in [4.78, 5) is 31.2. The van der Waals surface area contributed by atoms with Crippen LogP contribution in [0.1, 0.15) is 32.9 Å². The molecule has 0 radical (unpaired) electrons. The van der Waals surface area contributed by atoms with Crippen molar-refractivity contribution in [3.8, 4) is 17.1 Å². The average molecular weight is 492 g/mol. The number of aromatic amines is 1. The number of hydrogen-bond acceptors (Lipinski definition) is 8. The number of ether oxygens (including phenoxy) is 2. The molecular weight excluding hydrogens is 462 g/mol. The summed E-state index contributed by atoms with van der Waals surface area (Å²) in [5.41, 5.74) is 1.46. The summed E-state index contributed by atoms with van der Waals surface area (Å²) in [5.74, 6) is 0.0794. The van der Waals surface area contributed by atoms with E-state index >= 15 is 0 Å². The molecule has 0 amide bonds. The van der Waals surface area contributed by atoms with Gasteiger partial charge in [0, 0.05) is 27.6 Å². The van der Waals surface area contributed by atoms with Gasteiger partial charge in [-0.15, -0.1) is 0 Å². The van der Waals surface area contributed by atoms with Gasteiger partial charge in [0.15, 0.2) is 5.52 Å². The number of carbonyl (C=O) groups excluding carboxylic acids is 1. The summed E-state index contributed by atoms with van der Waals surface area (Å²) in [5, 5.41) is 4.42. The number of nitrogens with zero attached hydrogens (tertiary/aromatic N) is 4. The Morgan fingerprint density at radius 2 is 2.00 bits per heavy atom. The number of aryl methyl sites for hydroxylation is 2. The van der Waals surface area contributed by atoms with Crippen LogP contribution in [0.2, 0.25) is 0 Å². The largest absolute Gasteiger partial charge is 0.493 e. The third kappa shape index (κ3) is 5.12. The van der Waals surface area contributed by atoms with Crippen LogP contribution >= 0.6 is 0 Å². The van der Waals surface area contributed by atoms with E-state index in [9.17, 15) is 18.0 Å². The standard InChI is InChI=1S/C22H29N5O6S/c1-6-8-17-19-20(27(5)25-17)22(29)24-21(23-19)16-13-15(9-10-18(16)32-7-2)34(30,31)26(4)11-12-33-14(3)28/h9-10,13H,6-8,11-12H2,1-5H3,(H,23,24,29). The number of benzene rings is 1. The second-order valence-corrected chi connectivity index (χ2v) is 9.73. The molecule has 0 fully saturated rings. The van der Waals surface area contributed by atoms with E-state index in [1.54, 1.807) is 14.0 Å². The van der Waals surface area contributed by atoms with E-state index in [0.29, 0.717) is 41.1 Å². The predicted octanol–water partition coefficient (Wildman–Crippen LogP) is 1.86. The van der Waals surface area contributed by atoms with Crippen LogP contribution < -0.4 is 10.3 Å². The van der Waals surface area contributed by atoms with E-state index < -0.39 is 16.0 Å². The van der Waals surface area contributed by atoms with Crippen molar-refractivity contribution in [3.05, 3.63) is 34.2 Å². The lowest BCUT2D eigenvalue weighted by molar-refractivity contribution is -0.141. The molecule has 12 heteroatoms. The highest BCUT2D eigenvalue weighted by molar-refractivity contribution is 7.89. The Morgan fingerprint density at radius 3 is 2.65 bits per heavy atom. The maximum atomic E-state index is 13.1. The van der Waals surface area contributed by atoms with Gasteiger partial charge in [-0.1, -0.05) is 13.3 Å². The summed E-state index contributed by atoms with van der Waals surface area (Å²) in [6, 6.07) is 4.38. The molecule has 1 N–H and O–H groups in total. The molecule has 0 bridgehead atoms. The SMILES string of the molecule is CCCc1nn(C)c2c(=O)[nH]c(-c3cc(S(=O)(=O)N(C)CCOC(C)=O)ccc3OCC)nc12. The van der Waals surface area contributed by atoms with Gasteiger partial charge in [0.25, 0.3) is 5.56 Å². The molecule has 1 aromatic carbocycles. The maximum absolute atomic E-state index is 13.1. The number of rotatable bonds is 10. The molecule has 3 rings (SSSR count). The molecule has 0 saturated carbocycles. The summed E-state index contributed by atoms with van der Waals surface area (Å²) < 4.78 is 39.4. The quantitative estimate of drug-likeness (QED) is 0.424. The third-order valence-electron chi connectivity index (χ3n) is 5.18. The van der Waals surface area contributed by atoms with Crippen LogP contribution in [0.4, 0.5) is 0 Å². The number of carbonyl (C=O) groups is 1. The number of nitrogens with one attached hydrogen (secondary N) is 1. The summed E-state index contributed by atoms with van der Waals surface area (Å²) in [7, 11) is -0.834. The second kappa shape index (κ2) is 10.3. The van der Waals surface area contributed by atoms with Crippen LogP contribution in [-0.4, -0.2) is 65.2 Å². The van der Waals surface area contributed by atoms with Crippen molar-refractivity contribution in [2.24, 2.45) is 7.05 Å². The fourth-order valence-electron chi connectivity index (χ4n) is 3.53. The van der Waals surface area contributed by atoms with Crippen molar-refractivity contribution in [1.29, 1.82) is 0 Å². The van der Waals surface area contributed by atoms with E-state index in [1.807, 2.05) is 6.92 Å². The number of aromatic nitrogens is 4. The van der Waals surface area contributed by atoms with Crippen LogP contribution in [0.25, 0.3) is 22.4 Å². The van der Waals surface area contributed by atoms with Gasteiger partial charge in [0.2, 0.25) is 10.0 Å². The van der Waals surface area contributed by atoms with Crippen molar-refractivity contribution in [2.75, 3.05) is 26.8 Å². The molecule has 0 saturated heterocycles. The lowest BCUT2D eigenvalue weighted by Crippen LogP contribution is -2.30. The first-order valence-electron chi connectivity index (χ1n) is 10.9. The fraction of sp³-hybridized carbons (Fsp3) is 0.455. The Morgan fingerprint density at radius 1 is 1.26 bits per heavy atom. The number of H-pyrrole nitrogens is 1. The van der Waals surface area contributed by atoms with Gasteiger partial charge in [0.1, 0.15) is 23.7 Å². The second-order valence-electron chi connectivity index (χ2n) is 7.69. The molecule has 0 atom stereocenters. The molecule has 34 heavy (non-hydrogen) atoms.